The van der Waals surface area contributed by atoms with Gasteiger partial charge in [-0.25, -0.2) is 8.42 Å². The maximum Gasteiger partial charge on any atom is 0.244 e. The maximum absolute atomic E-state index is 13.1. The molecule has 0 spiro atoms. The number of nitrogens with one attached hydrogen (secondary N) is 1. The van der Waals surface area contributed by atoms with Crippen molar-refractivity contribution in [3.8, 4) is 0 Å². The first-order valence-corrected chi connectivity index (χ1v) is 10.3. The van der Waals surface area contributed by atoms with Crippen LogP contribution in [0.4, 0.5) is 0 Å². The van der Waals surface area contributed by atoms with Crippen molar-refractivity contribution in [2.75, 3.05) is 13.1 Å². The van der Waals surface area contributed by atoms with Crippen molar-refractivity contribution in [2.24, 2.45) is 5.92 Å². The molecule has 1 saturated heterocycles. The van der Waals surface area contributed by atoms with Crippen molar-refractivity contribution < 1.29 is 8.42 Å². The van der Waals surface area contributed by atoms with Gasteiger partial charge in [0, 0.05) is 24.0 Å². The van der Waals surface area contributed by atoms with Gasteiger partial charge in [-0.2, -0.15) is 4.31 Å². The second-order valence-corrected chi connectivity index (χ2v) is 8.86. The predicted molar refractivity (Wildman–Crippen MR) is 86.0 cm³/mol. The third kappa shape index (κ3) is 2.91. The number of hydrogen-bond acceptors (Lipinski definition) is 4. The van der Waals surface area contributed by atoms with Gasteiger partial charge in [-0.15, -0.1) is 11.3 Å². The molecule has 0 bridgehead atoms. The summed E-state index contributed by atoms with van der Waals surface area (Å²) in [5, 5.41) is 5.14. The van der Waals surface area contributed by atoms with Gasteiger partial charge in [0.15, 0.2) is 0 Å². The number of rotatable bonds is 5. The van der Waals surface area contributed by atoms with E-state index in [9.17, 15) is 8.42 Å². The molecule has 1 N–H and O–H groups in total. The molecule has 0 radical (unpaired) electrons. The van der Waals surface area contributed by atoms with Crippen LogP contribution in [0.25, 0.3) is 0 Å². The van der Waals surface area contributed by atoms with Gasteiger partial charge in [-0.3, -0.25) is 0 Å². The van der Waals surface area contributed by atoms with E-state index in [0.717, 1.165) is 24.3 Å². The number of fused-ring (bicyclic) bond motifs is 1. The SMILES string of the molecule is CCNCc1sccc1S(=O)(=O)N1CCCC2CCCC21. The van der Waals surface area contributed by atoms with Gasteiger partial charge in [0.25, 0.3) is 0 Å². The number of hydrogen-bond donors (Lipinski definition) is 1. The highest BCUT2D eigenvalue weighted by Crippen LogP contribution is 2.40. The van der Waals surface area contributed by atoms with Crippen LogP contribution < -0.4 is 5.32 Å². The molecule has 21 heavy (non-hydrogen) atoms. The van der Waals surface area contributed by atoms with E-state index in [1.165, 1.54) is 30.6 Å². The zero-order valence-electron chi connectivity index (χ0n) is 12.5. The standard InChI is InChI=1S/C15H24N2O2S2/c1-2-16-11-14-15(8-10-20-14)21(18,19)17-9-4-6-12-5-3-7-13(12)17/h8,10,12-13,16H,2-7,9,11H2,1H3. The smallest absolute Gasteiger partial charge is 0.244 e. The molecule has 2 fully saturated rings. The fourth-order valence-corrected chi connectivity index (χ4v) is 6.90. The average Bonchev–Trinajstić information content (AvgIpc) is 3.13. The van der Waals surface area contributed by atoms with Crippen LogP contribution in [0.2, 0.25) is 0 Å². The molecule has 0 aromatic carbocycles. The highest BCUT2D eigenvalue weighted by molar-refractivity contribution is 7.89. The molecule has 6 heteroatoms. The van der Waals surface area contributed by atoms with E-state index < -0.39 is 10.0 Å². The molecule has 2 aliphatic rings. The normalized spacial score (nSPS) is 26.9. The highest BCUT2D eigenvalue weighted by Gasteiger charge is 2.41. The molecule has 1 aliphatic carbocycles. The summed E-state index contributed by atoms with van der Waals surface area (Å²) < 4.78 is 28.0. The Labute approximate surface area is 131 Å². The Morgan fingerprint density at radius 3 is 2.95 bits per heavy atom. The third-order valence-electron chi connectivity index (χ3n) is 4.77. The Hall–Kier alpha value is -0.430. The summed E-state index contributed by atoms with van der Waals surface area (Å²) in [5.74, 6) is 0.587. The highest BCUT2D eigenvalue weighted by atomic mass is 32.2. The predicted octanol–water partition coefficient (Wildman–Crippen LogP) is 2.81. The summed E-state index contributed by atoms with van der Waals surface area (Å²) in [4.78, 5) is 1.47. The first-order chi connectivity index (χ1) is 10.1. The summed E-state index contributed by atoms with van der Waals surface area (Å²) in [6, 6.07) is 2.03. The molecule has 2 atom stereocenters. The van der Waals surface area contributed by atoms with Crippen molar-refractivity contribution in [2.45, 2.75) is 56.5 Å². The maximum atomic E-state index is 13.1. The lowest BCUT2D eigenvalue weighted by Gasteiger charge is -2.36. The minimum atomic E-state index is -3.33. The lowest BCUT2D eigenvalue weighted by molar-refractivity contribution is 0.202. The monoisotopic (exact) mass is 328 g/mol. The Kier molecular flexibility index (Phi) is 4.69. The lowest BCUT2D eigenvalue weighted by atomic mass is 9.94. The lowest BCUT2D eigenvalue weighted by Crippen LogP contribution is -2.46. The zero-order valence-corrected chi connectivity index (χ0v) is 14.2. The van der Waals surface area contributed by atoms with Crippen molar-refractivity contribution in [1.29, 1.82) is 0 Å². The van der Waals surface area contributed by atoms with Gasteiger partial charge in [0.1, 0.15) is 0 Å². The fraction of sp³-hybridized carbons (Fsp3) is 0.733. The van der Waals surface area contributed by atoms with Gasteiger partial charge in [-0.05, 0) is 49.6 Å². The van der Waals surface area contributed by atoms with Crippen molar-refractivity contribution >= 4 is 21.4 Å². The molecule has 1 saturated carbocycles. The Morgan fingerprint density at radius 2 is 2.14 bits per heavy atom. The van der Waals surface area contributed by atoms with Gasteiger partial charge in [0.2, 0.25) is 10.0 Å². The molecule has 0 amide bonds. The number of sulfonamides is 1. The summed E-state index contributed by atoms with van der Waals surface area (Å²) in [6.45, 7) is 4.23. The first kappa shape index (κ1) is 15.5. The molecule has 3 rings (SSSR count). The van der Waals surface area contributed by atoms with Gasteiger partial charge in [0.05, 0.1) is 4.90 Å². The van der Waals surface area contributed by atoms with Crippen LogP contribution in [0, 0.1) is 5.92 Å². The van der Waals surface area contributed by atoms with Gasteiger partial charge < -0.3 is 5.32 Å². The summed E-state index contributed by atoms with van der Waals surface area (Å²) >= 11 is 1.54. The molecule has 2 heterocycles. The van der Waals surface area contributed by atoms with E-state index in [-0.39, 0.29) is 6.04 Å². The quantitative estimate of drug-likeness (QED) is 0.904. The van der Waals surface area contributed by atoms with Crippen molar-refractivity contribution in [3.63, 3.8) is 0 Å². The minimum Gasteiger partial charge on any atom is -0.312 e. The largest absolute Gasteiger partial charge is 0.312 e. The van der Waals surface area contributed by atoms with Crippen LogP contribution in [0.15, 0.2) is 16.3 Å². The van der Waals surface area contributed by atoms with E-state index in [2.05, 4.69) is 5.32 Å². The molecule has 1 aliphatic heterocycles. The molecule has 4 nitrogen and oxygen atoms in total. The van der Waals surface area contributed by atoms with Crippen LogP contribution in [0.5, 0.6) is 0 Å². The van der Waals surface area contributed by atoms with E-state index in [1.54, 1.807) is 6.07 Å². The molecule has 118 valence electrons. The molecule has 1 aromatic rings. The summed E-state index contributed by atoms with van der Waals surface area (Å²) in [5.41, 5.74) is 0. The fourth-order valence-electron chi connectivity index (χ4n) is 3.76. The Morgan fingerprint density at radius 1 is 1.33 bits per heavy atom. The van der Waals surface area contributed by atoms with Gasteiger partial charge in [-0.1, -0.05) is 13.3 Å². The molecule has 1 aromatic heterocycles. The van der Waals surface area contributed by atoms with Crippen LogP contribution >= 0.6 is 11.3 Å². The first-order valence-electron chi connectivity index (χ1n) is 7.93. The third-order valence-corrected chi connectivity index (χ3v) is 7.83. The second-order valence-electron chi connectivity index (χ2n) is 6.00. The van der Waals surface area contributed by atoms with Crippen LogP contribution in [0.1, 0.15) is 43.9 Å². The molecular formula is C15H24N2O2S2. The summed E-state index contributed by atoms with van der Waals surface area (Å²) in [7, 11) is -3.33. The van der Waals surface area contributed by atoms with Crippen LogP contribution in [0.3, 0.4) is 0 Å². The minimum absolute atomic E-state index is 0.246. The van der Waals surface area contributed by atoms with E-state index in [1.807, 2.05) is 16.6 Å². The van der Waals surface area contributed by atoms with Crippen molar-refractivity contribution in [1.82, 2.24) is 9.62 Å². The average molecular weight is 329 g/mol. The van der Waals surface area contributed by atoms with Crippen LogP contribution in [-0.4, -0.2) is 31.9 Å². The Bertz CT molecular complexity index is 582. The topological polar surface area (TPSA) is 49.4 Å². The molecule has 2 unspecified atom stereocenters. The van der Waals surface area contributed by atoms with E-state index in [0.29, 0.717) is 23.9 Å². The molecular weight excluding hydrogens is 304 g/mol. The summed E-state index contributed by atoms with van der Waals surface area (Å²) in [6.07, 6.45) is 5.62. The van der Waals surface area contributed by atoms with Gasteiger partial charge >= 0.3 is 0 Å². The second kappa shape index (κ2) is 6.36. The number of thiophene rings is 1. The number of nitrogens with zero attached hydrogens (tertiary/aromatic N) is 1. The van der Waals surface area contributed by atoms with E-state index >= 15 is 0 Å². The van der Waals surface area contributed by atoms with Crippen molar-refractivity contribution in [3.05, 3.63) is 16.3 Å². The zero-order chi connectivity index (χ0) is 14.9. The van der Waals surface area contributed by atoms with E-state index in [4.69, 9.17) is 0 Å². The van der Waals surface area contributed by atoms with Crippen LogP contribution in [-0.2, 0) is 16.6 Å². The number of piperidine rings is 1. The Balaban J connectivity index is 1.87.